The first-order valence-electron chi connectivity index (χ1n) is 7.03. The van der Waals surface area contributed by atoms with E-state index in [1.54, 1.807) is 32.2 Å². The highest BCUT2D eigenvalue weighted by molar-refractivity contribution is 7.53. The lowest BCUT2D eigenvalue weighted by molar-refractivity contribution is -0.107. The molecule has 7 heteroatoms. The Morgan fingerprint density at radius 1 is 1.29 bits per heavy atom. The van der Waals surface area contributed by atoms with Crippen LogP contribution in [-0.2, 0) is 24.8 Å². The van der Waals surface area contributed by atoms with Crippen LogP contribution in [0, 0.1) is 0 Å². The number of rotatable bonds is 11. The molecule has 21 heavy (non-hydrogen) atoms. The topological polar surface area (TPSA) is 74.7 Å². The van der Waals surface area contributed by atoms with E-state index in [0.29, 0.717) is 44.7 Å². The second-order valence-electron chi connectivity index (χ2n) is 4.25. The van der Waals surface area contributed by atoms with E-state index in [9.17, 15) is 9.36 Å². The van der Waals surface area contributed by atoms with E-state index < -0.39 is 7.60 Å². The third-order valence-corrected chi connectivity index (χ3v) is 4.76. The molecule has 0 fully saturated rings. The Hall–Kier alpha value is -1.23. The van der Waals surface area contributed by atoms with Gasteiger partial charge in [0.2, 0.25) is 5.88 Å². The van der Waals surface area contributed by atoms with Crippen molar-refractivity contribution in [3.05, 3.63) is 23.9 Å². The smallest absolute Gasteiger partial charge is 0.330 e. The molecule has 0 aliphatic heterocycles. The molecule has 1 aromatic rings. The van der Waals surface area contributed by atoms with Gasteiger partial charge in [0, 0.05) is 18.7 Å². The van der Waals surface area contributed by atoms with E-state index in [1.165, 1.54) is 0 Å². The molecule has 0 saturated heterocycles. The molecule has 0 aliphatic carbocycles. The number of hydrogen-bond acceptors (Lipinski definition) is 6. The molecule has 1 heterocycles. The lowest BCUT2D eigenvalue weighted by atomic mass is 10.2. The molecule has 118 valence electrons. The third-order valence-electron chi connectivity index (χ3n) is 2.60. The van der Waals surface area contributed by atoms with Crippen molar-refractivity contribution in [1.29, 1.82) is 0 Å². The summed E-state index contributed by atoms with van der Waals surface area (Å²) in [6.45, 7) is 4.64. The molecular weight excluding hydrogens is 293 g/mol. The monoisotopic (exact) mass is 315 g/mol. The number of aldehydes is 1. The first kappa shape index (κ1) is 17.8. The molecule has 0 saturated carbocycles. The minimum absolute atomic E-state index is 0.308. The summed E-state index contributed by atoms with van der Waals surface area (Å²) in [5.41, 5.74) is 0.851. The highest BCUT2D eigenvalue weighted by Gasteiger charge is 2.22. The third kappa shape index (κ3) is 6.85. The van der Waals surface area contributed by atoms with E-state index in [-0.39, 0.29) is 0 Å². The Balaban J connectivity index is 2.40. The minimum atomic E-state index is -3.01. The number of nitrogens with zero attached hydrogens (tertiary/aromatic N) is 1. The molecule has 0 N–H and O–H groups in total. The van der Waals surface area contributed by atoms with Crippen molar-refractivity contribution in [2.75, 3.05) is 26.0 Å². The fourth-order valence-electron chi connectivity index (χ4n) is 1.75. The quantitative estimate of drug-likeness (QED) is 0.355. The predicted octanol–water partition coefficient (Wildman–Crippen LogP) is 2.86. The molecule has 0 atom stereocenters. The van der Waals surface area contributed by atoms with Crippen molar-refractivity contribution in [3.8, 4) is 5.88 Å². The van der Waals surface area contributed by atoms with Gasteiger partial charge < -0.3 is 18.6 Å². The van der Waals surface area contributed by atoms with Gasteiger partial charge in [-0.15, -0.1) is 0 Å². The van der Waals surface area contributed by atoms with E-state index >= 15 is 0 Å². The number of pyridine rings is 1. The lowest BCUT2D eigenvalue weighted by Gasteiger charge is -2.16. The molecule has 0 radical (unpaired) electrons. The van der Waals surface area contributed by atoms with Crippen molar-refractivity contribution in [2.24, 2.45) is 0 Å². The van der Waals surface area contributed by atoms with Crippen LogP contribution in [0.1, 0.15) is 25.8 Å². The number of hydrogen-bond donors (Lipinski definition) is 0. The summed E-state index contributed by atoms with van der Waals surface area (Å²) in [5, 5.41) is 0. The molecule has 0 aromatic carbocycles. The Bertz CT molecular complexity index is 470. The van der Waals surface area contributed by atoms with E-state index in [1.807, 2.05) is 0 Å². The first-order chi connectivity index (χ1) is 10.1. The average molecular weight is 315 g/mol. The molecule has 0 spiro atoms. The maximum absolute atomic E-state index is 12.2. The number of aromatic nitrogens is 1. The van der Waals surface area contributed by atoms with Crippen LogP contribution in [0.25, 0.3) is 0 Å². The second-order valence-corrected chi connectivity index (χ2v) is 6.43. The Kier molecular flexibility index (Phi) is 8.20. The van der Waals surface area contributed by atoms with Crippen molar-refractivity contribution < 1.29 is 23.1 Å². The summed E-state index contributed by atoms with van der Waals surface area (Å²) in [6, 6.07) is 3.48. The number of carbonyl (C=O) groups excluding carboxylic acids is 1. The maximum atomic E-state index is 12.2. The highest BCUT2D eigenvalue weighted by Crippen LogP contribution is 2.48. The zero-order valence-electron chi connectivity index (χ0n) is 12.5. The summed E-state index contributed by atoms with van der Waals surface area (Å²) in [4.78, 5) is 14.5. The number of ether oxygens (including phenoxy) is 1. The Morgan fingerprint density at radius 3 is 2.62 bits per heavy atom. The lowest BCUT2D eigenvalue weighted by Crippen LogP contribution is -2.06. The summed E-state index contributed by atoms with van der Waals surface area (Å²) < 4.78 is 28.1. The normalized spacial score (nSPS) is 11.3. The second kappa shape index (κ2) is 9.66. The van der Waals surface area contributed by atoms with E-state index in [0.717, 1.165) is 11.8 Å². The van der Waals surface area contributed by atoms with Crippen LogP contribution in [0.5, 0.6) is 5.88 Å². The summed E-state index contributed by atoms with van der Waals surface area (Å²) in [5.74, 6) is 0.456. The molecule has 0 amide bonds. The van der Waals surface area contributed by atoms with Crippen LogP contribution in [0.4, 0.5) is 0 Å². The van der Waals surface area contributed by atoms with Gasteiger partial charge >= 0.3 is 7.60 Å². The number of carbonyl (C=O) groups is 1. The zero-order chi connectivity index (χ0) is 15.6. The van der Waals surface area contributed by atoms with Crippen LogP contribution in [0.2, 0.25) is 0 Å². The first-order valence-corrected chi connectivity index (χ1v) is 8.75. The van der Waals surface area contributed by atoms with Crippen molar-refractivity contribution in [3.63, 3.8) is 0 Å². The summed E-state index contributed by atoms with van der Waals surface area (Å²) in [6.07, 6.45) is 3.61. The fourth-order valence-corrected chi connectivity index (χ4v) is 3.38. The summed E-state index contributed by atoms with van der Waals surface area (Å²) in [7, 11) is -3.01. The van der Waals surface area contributed by atoms with Crippen LogP contribution in [0.3, 0.4) is 0 Å². The van der Waals surface area contributed by atoms with Crippen molar-refractivity contribution in [1.82, 2.24) is 4.98 Å². The molecule has 6 nitrogen and oxygen atoms in total. The van der Waals surface area contributed by atoms with Gasteiger partial charge in [-0.25, -0.2) is 4.98 Å². The molecule has 0 unspecified atom stereocenters. The summed E-state index contributed by atoms with van der Waals surface area (Å²) >= 11 is 0. The van der Waals surface area contributed by atoms with Gasteiger partial charge in [-0.1, -0.05) is 0 Å². The van der Waals surface area contributed by atoms with E-state index in [2.05, 4.69) is 4.98 Å². The van der Waals surface area contributed by atoms with Crippen LogP contribution in [-0.4, -0.2) is 37.3 Å². The van der Waals surface area contributed by atoms with Crippen LogP contribution in [0.15, 0.2) is 18.3 Å². The van der Waals surface area contributed by atoms with E-state index in [4.69, 9.17) is 13.8 Å². The molecular formula is C14H22NO5P. The molecule has 1 rings (SSSR count). The zero-order valence-corrected chi connectivity index (χ0v) is 13.4. The molecule has 1 aromatic heterocycles. The Morgan fingerprint density at radius 2 is 2.00 bits per heavy atom. The molecule has 0 bridgehead atoms. The van der Waals surface area contributed by atoms with Gasteiger partial charge in [-0.3, -0.25) is 4.57 Å². The average Bonchev–Trinajstić information content (AvgIpc) is 2.45. The van der Waals surface area contributed by atoms with Crippen LogP contribution < -0.4 is 4.74 Å². The fraction of sp³-hybridized carbons (Fsp3) is 0.571. The van der Waals surface area contributed by atoms with Gasteiger partial charge in [-0.2, -0.15) is 0 Å². The maximum Gasteiger partial charge on any atom is 0.330 e. The minimum Gasteiger partial charge on any atom is -0.478 e. The van der Waals surface area contributed by atoms with Crippen molar-refractivity contribution in [2.45, 2.75) is 26.7 Å². The standard InChI is InChI=1S/C14H22NO5P/c1-3-19-21(17,20-4-2)11-5-10-18-14-12-13(7-9-16)6-8-15-14/h6,8-9,12H,3-5,7,10-11H2,1-2H3. The van der Waals surface area contributed by atoms with Gasteiger partial charge in [0.15, 0.2) is 0 Å². The van der Waals surface area contributed by atoms with Gasteiger partial charge in [0.1, 0.15) is 6.29 Å². The predicted molar refractivity (Wildman–Crippen MR) is 79.8 cm³/mol. The van der Waals surface area contributed by atoms with Gasteiger partial charge in [0.25, 0.3) is 0 Å². The molecule has 0 aliphatic rings. The van der Waals surface area contributed by atoms with Gasteiger partial charge in [0.05, 0.1) is 26.0 Å². The van der Waals surface area contributed by atoms with Gasteiger partial charge in [-0.05, 0) is 31.9 Å². The Labute approximate surface area is 125 Å². The largest absolute Gasteiger partial charge is 0.478 e. The van der Waals surface area contributed by atoms with Crippen molar-refractivity contribution >= 4 is 13.9 Å². The SMILES string of the molecule is CCOP(=O)(CCCOc1cc(CC=O)ccn1)OCC. The highest BCUT2D eigenvalue weighted by atomic mass is 31.2. The van der Waals surface area contributed by atoms with Crippen LogP contribution >= 0.6 is 7.60 Å².